The lowest BCUT2D eigenvalue weighted by molar-refractivity contribution is -0.348. The Morgan fingerprint density at radius 3 is 2.00 bits per heavy atom. The second-order valence-corrected chi connectivity index (χ2v) is 9.54. The van der Waals surface area contributed by atoms with Crippen LogP contribution in [0.15, 0.2) is 59.1 Å². The summed E-state index contributed by atoms with van der Waals surface area (Å²) in [6.07, 6.45) is -19.2. The molecule has 0 aromatic heterocycles. The van der Waals surface area contributed by atoms with Gasteiger partial charge in [0.2, 0.25) is 0 Å². The Balaban J connectivity index is 2.08. The molecule has 43 heavy (non-hydrogen) atoms. The summed E-state index contributed by atoms with van der Waals surface area (Å²) >= 11 is 2.34. The smallest absolute Gasteiger partial charge is 0.320 e. The second kappa shape index (κ2) is 11.5. The third-order valence-electron chi connectivity index (χ3n) is 5.94. The van der Waals surface area contributed by atoms with Crippen molar-refractivity contribution in [1.29, 1.82) is 5.26 Å². The van der Waals surface area contributed by atoms with Crippen LogP contribution in [0.4, 0.5) is 59.7 Å². The average Bonchev–Trinajstić information content (AvgIpc) is 2.90. The first-order valence-electron chi connectivity index (χ1n) is 11.3. The van der Waals surface area contributed by atoms with E-state index in [2.05, 4.69) is 15.9 Å². The van der Waals surface area contributed by atoms with Gasteiger partial charge in [0.25, 0.3) is 11.8 Å². The molecule has 228 valence electrons. The van der Waals surface area contributed by atoms with Crippen molar-refractivity contribution < 1.29 is 57.9 Å². The van der Waals surface area contributed by atoms with Crippen LogP contribution in [0.25, 0.3) is 0 Å². The number of halogens is 12. The maximum Gasteiger partial charge on any atom is 0.435 e. The van der Waals surface area contributed by atoms with Crippen LogP contribution in [-0.4, -0.2) is 31.2 Å². The molecular formula is C26H13BrF11N3O2. The minimum absolute atomic E-state index is 0.0729. The van der Waals surface area contributed by atoms with Crippen LogP contribution in [-0.2, 0) is 11.8 Å². The summed E-state index contributed by atoms with van der Waals surface area (Å²) in [5.74, 6) is -3.98. The van der Waals surface area contributed by atoms with E-state index in [9.17, 15) is 53.5 Å². The zero-order chi connectivity index (χ0) is 32.7. The molecule has 0 aliphatic carbocycles. The molecule has 3 rings (SSSR count). The van der Waals surface area contributed by atoms with Crippen molar-refractivity contribution in [3.05, 3.63) is 92.7 Å². The van der Waals surface area contributed by atoms with Gasteiger partial charge in [0.1, 0.15) is 0 Å². The molecule has 0 aliphatic rings. The number of nitrogens with one attached hydrogen (secondary N) is 1. The standard InChI is InChI=1S/C26H13BrF11N3O2/c1-41(22(43)13-5-2-4-12(8-13)11-39)18-7-3-6-15(19(18)28)21(42)40-20-16(24(30,31)32)9-14(10-17(20)27)23(29,25(33,34)35)26(36,37)38/h2-10H,1H3,(H,40,42). The molecule has 0 saturated carbocycles. The van der Waals surface area contributed by atoms with Crippen LogP contribution < -0.4 is 10.2 Å². The normalized spacial score (nSPS) is 12.5. The predicted molar refractivity (Wildman–Crippen MR) is 132 cm³/mol. The number of nitriles is 1. The van der Waals surface area contributed by atoms with Gasteiger partial charge in [-0.15, -0.1) is 0 Å². The fourth-order valence-corrected chi connectivity index (χ4v) is 4.36. The molecule has 0 bridgehead atoms. The van der Waals surface area contributed by atoms with Crippen molar-refractivity contribution in [2.75, 3.05) is 17.3 Å². The van der Waals surface area contributed by atoms with Gasteiger partial charge in [-0.3, -0.25) is 9.59 Å². The number of anilines is 2. The molecular weight excluding hydrogens is 675 g/mol. The maximum atomic E-state index is 15.4. The highest BCUT2D eigenvalue weighted by atomic mass is 79.9. The van der Waals surface area contributed by atoms with E-state index >= 15 is 4.39 Å². The van der Waals surface area contributed by atoms with Gasteiger partial charge in [0, 0.05) is 22.6 Å². The number of amides is 2. The van der Waals surface area contributed by atoms with E-state index in [1.165, 1.54) is 24.3 Å². The molecule has 0 atom stereocenters. The van der Waals surface area contributed by atoms with Gasteiger partial charge in [0.15, 0.2) is 5.82 Å². The largest absolute Gasteiger partial charge is 0.435 e. The first-order valence-corrected chi connectivity index (χ1v) is 12.1. The minimum atomic E-state index is -6.73. The summed E-state index contributed by atoms with van der Waals surface area (Å²) in [4.78, 5) is 26.4. The number of carbonyl (C=O) groups excluding carboxylic acids is 2. The summed E-state index contributed by atoms with van der Waals surface area (Å²) in [6.45, 7) is 0. The van der Waals surface area contributed by atoms with E-state index < -0.39 is 80.4 Å². The van der Waals surface area contributed by atoms with Crippen LogP contribution >= 0.6 is 15.9 Å². The van der Waals surface area contributed by atoms with Gasteiger partial charge < -0.3 is 10.2 Å². The van der Waals surface area contributed by atoms with Crippen LogP contribution in [0, 0.1) is 17.1 Å². The minimum Gasteiger partial charge on any atom is -0.320 e. The molecule has 1 N–H and O–H groups in total. The Morgan fingerprint density at radius 1 is 0.884 bits per heavy atom. The lowest BCUT2D eigenvalue weighted by atomic mass is 9.92. The van der Waals surface area contributed by atoms with E-state index in [1.54, 1.807) is 11.4 Å². The van der Waals surface area contributed by atoms with Crippen LogP contribution in [0.5, 0.6) is 0 Å². The van der Waals surface area contributed by atoms with Crippen molar-refractivity contribution in [3.63, 3.8) is 0 Å². The predicted octanol–water partition coefficient (Wildman–Crippen LogP) is 8.30. The third-order valence-corrected chi connectivity index (χ3v) is 6.57. The van der Waals surface area contributed by atoms with E-state index in [1.807, 2.05) is 0 Å². The first kappa shape index (κ1) is 33.3. The summed E-state index contributed by atoms with van der Waals surface area (Å²) < 4.78 is 149. The summed E-state index contributed by atoms with van der Waals surface area (Å²) in [7, 11) is 1.07. The molecule has 17 heteroatoms. The summed E-state index contributed by atoms with van der Waals surface area (Å²) in [6, 6.07) is 8.78. The zero-order valence-electron chi connectivity index (χ0n) is 20.9. The van der Waals surface area contributed by atoms with Crippen molar-refractivity contribution in [2.45, 2.75) is 24.2 Å². The Kier molecular flexibility index (Phi) is 8.89. The number of rotatable bonds is 5. The molecule has 2 amide bonds. The SMILES string of the molecule is CN(C(=O)c1cccc(C#N)c1)c1cccc(C(=O)Nc2c(Br)cc(C(F)(C(F)(F)F)C(F)(F)F)cc2C(F)(F)F)c1F. The number of hydrogen-bond acceptors (Lipinski definition) is 3. The maximum absolute atomic E-state index is 15.4. The van der Waals surface area contributed by atoms with E-state index in [0.29, 0.717) is 4.90 Å². The number of alkyl halides is 10. The molecule has 0 fully saturated rings. The van der Waals surface area contributed by atoms with E-state index in [0.717, 1.165) is 25.2 Å². The van der Waals surface area contributed by atoms with Gasteiger partial charge in [0.05, 0.1) is 34.1 Å². The fourth-order valence-electron chi connectivity index (χ4n) is 3.80. The number of benzene rings is 3. The highest BCUT2D eigenvalue weighted by Gasteiger charge is 2.73. The summed E-state index contributed by atoms with van der Waals surface area (Å²) in [5, 5.41) is 10.6. The van der Waals surface area contributed by atoms with Crippen molar-refractivity contribution >= 4 is 39.1 Å². The van der Waals surface area contributed by atoms with E-state index in [-0.39, 0.29) is 17.2 Å². The Labute approximate surface area is 242 Å². The molecule has 0 spiro atoms. The van der Waals surface area contributed by atoms with Crippen LogP contribution in [0.2, 0.25) is 0 Å². The molecule has 0 saturated heterocycles. The second-order valence-electron chi connectivity index (χ2n) is 8.68. The van der Waals surface area contributed by atoms with Gasteiger partial charge in [-0.1, -0.05) is 12.1 Å². The number of nitrogens with zero attached hydrogens (tertiary/aromatic N) is 2. The molecule has 0 aliphatic heterocycles. The van der Waals surface area contributed by atoms with Gasteiger partial charge in [-0.05, 0) is 58.4 Å². The molecule has 0 unspecified atom stereocenters. The van der Waals surface area contributed by atoms with Crippen molar-refractivity contribution in [3.8, 4) is 6.07 Å². The van der Waals surface area contributed by atoms with Crippen molar-refractivity contribution in [1.82, 2.24) is 0 Å². The highest BCUT2D eigenvalue weighted by Crippen LogP contribution is 2.55. The fraction of sp³-hybridized carbons (Fsp3) is 0.192. The molecule has 0 heterocycles. The topological polar surface area (TPSA) is 73.2 Å². The molecule has 0 radical (unpaired) electrons. The Hall–Kier alpha value is -4.20. The van der Waals surface area contributed by atoms with Crippen molar-refractivity contribution in [2.24, 2.45) is 0 Å². The van der Waals surface area contributed by atoms with Gasteiger partial charge in [-0.2, -0.15) is 44.8 Å². The van der Waals surface area contributed by atoms with Crippen LogP contribution in [0.1, 0.15) is 37.4 Å². The third kappa shape index (κ3) is 6.28. The zero-order valence-corrected chi connectivity index (χ0v) is 22.5. The van der Waals surface area contributed by atoms with Gasteiger partial charge in [-0.25, -0.2) is 8.78 Å². The monoisotopic (exact) mass is 687 g/mol. The number of carbonyl (C=O) groups is 2. The summed E-state index contributed by atoms with van der Waals surface area (Å²) in [5.41, 5.74) is -14.0. The van der Waals surface area contributed by atoms with E-state index in [4.69, 9.17) is 5.26 Å². The lowest BCUT2D eigenvalue weighted by Crippen LogP contribution is -2.50. The molecule has 3 aromatic rings. The van der Waals surface area contributed by atoms with Gasteiger partial charge >= 0.3 is 24.2 Å². The molecule has 5 nitrogen and oxygen atoms in total. The molecule has 3 aromatic carbocycles. The highest BCUT2D eigenvalue weighted by molar-refractivity contribution is 9.10. The average molecular weight is 688 g/mol. The number of hydrogen-bond donors (Lipinski definition) is 1. The Bertz CT molecular complexity index is 1610. The lowest BCUT2D eigenvalue weighted by Gasteiger charge is -2.31. The van der Waals surface area contributed by atoms with Crippen LogP contribution in [0.3, 0.4) is 0 Å². The quantitative estimate of drug-likeness (QED) is 0.274. The first-order chi connectivity index (χ1) is 19.6. The Morgan fingerprint density at radius 2 is 1.47 bits per heavy atom.